The second-order valence-corrected chi connectivity index (χ2v) is 4.25. The van der Waals surface area contributed by atoms with E-state index in [2.05, 4.69) is 10.3 Å². The summed E-state index contributed by atoms with van der Waals surface area (Å²) in [6, 6.07) is -0.0931. The lowest BCUT2D eigenvalue weighted by Gasteiger charge is -2.15. The van der Waals surface area contributed by atoms with Crippen LogP contribution >= 0.6 is 11.3 Å². The van der Waals surface area contributed by atoms with Crippen molar-refractivity contribution in [3.8, 4) is 0 Å². The number of hydrogen-bond acceptors (Lipinski definition) is 4. The van der Waals surface area contributed by atoms with E-state index in [-0.39, 0.29) is 12.1 Å². The molecule has 0 unspecified atom stereocenters. The Morgan fingerprint density at radius 2 is 2.67 bits per heavy atom. The van der Waals surface area contributed by atoms with Gasteiger partial charge in [-0.15, -0.1) is 11.3 Å². The van der Waals surface area contributed by atoms with Crippen LogP contribution in [0.25, 0.3) is 0 Å². The fraction of sp³-hybridized carbons (Fsp3) is 0.556. The lowest BCUT2D eigenvalue weighted by molar-refractivity contribution is 0.111. The summed E-state index contributed by atoms with van der Waals surface area (Å²) in [5.74, 6) is 0. The maximum atomic E-state index is 11.7. The molecule has 0 aliphatic carbocycles. The van der Waals surface area contributed by atoms with E-state index in [1.807, 2.05) is 5.38 Å². The summed E-state index contributed by atoms with van der Waals surface area (Å²) in [5, 5.41) is 5.22. The van der Waals surface area contributed by atoms with E-state index in [0.717, 1.165) is 13.0 Å². The fourth-order valence-corrected chi connectivity index (χ4v) is 2.08. The average molecular weight is 227 g/mol. The predicted molar refractivity (Wildman–Crippen MR) is 58.1 cm³/mol. The number of rotatable bonds is 2. The van der Waals surface area contributed by atoms with Crippen molar-refractivity contribution in [3.63, 3.8) is 0 Å². The summed E-state index contributed by atoms with van der Waals surface area (Å²) in [6.45, 7) is 1.41. The highest BCUT2D eigenvalue weighted by molar-refractivity contribution is 7.13. The lowest BCUT2D eigenvalue weighted by atomic mass is 10.3. The second kappa shape index (κ2) is 4.59. The van der Waals surface area contributed by atoms with E-state index in [1.165, 1.54) is 11.3 Å². The molecule has 1 aliphatic heterocycles. The number of likely N-dealkylation sites (tertiary alicyclic amines) is 1. The summed E-state index contributed by atoms with van der Waals surface area (Å²) in [6.07, 6.45) is 2.75. The number of nitrogens with zero attached hydrogens (tertiary/aromatic N) is 2. The number of ether oxygens (including phenoxy) is 1. The van der Waals surface area contributed by atoms with E-state index < -0.39 is 0 Å². The summed E-state index contributed by atoms with van der Waals surface area (Å²) in [4.78, 5) is 17.4. The van der Waals surface area contributed by atoms with Crippen LogP contribution in [0.5, 0.6) is 0 Å². The molecule has 2 rings (SSSR count). The fourth-order valence-electron chi connectivity index (χ4n) is 1.56. The van der Waals surface area contributed by atoms with Crippen LogP contribution in [0.1, 0.15) is 6.42 Å². The van der Waals surface area contributed by atoms with Crippen LogP contribution in [0.3, 0.4) is 0 Å². The topological polar surface area (TPSA) is 54.5 Å². The molecule has 1 aromatic heterocycles. The molecule has 1 N–H and O–H groups in total. The Morgan fingerprint density at radius 1 is 1.80 bits per heavy atom. The van der Waals surface area contributed by atoms with Crippen LogP contribution in [0, 0.1) is 0 Å². The van der Waals surface area contributed by atoms with Crippen molar-refractivity contribution < 1.29 is 9.53 Å². The molecule has 6 heteroatoms. The van der Waals surface area contributed by atoms with Gasteiger partial charge < -0.3 is 9.64 Å². The molecular weight excluding hydrogens is 214 g/mol. The molecule has 1 atom stereocenters. The highest BCUT2D eigenvalue weighted by Crippen LogP contribution is 2.15. The first-order valence-corrected chi connectivity index (χ1v) is 5.66. The predicted octanol–water partition coefficient (Wildman–Crippen LogP) is 1.40. The first-order valence-electron chi connectivity index (χ1n) is 4.78. The monoisotopic (exact) mass is 227 g/mol. The van der Waals surface area contributed by atoms with E-state index >= 15 is 0 Å². The number of methoxy groups -OCH3 is 1. The van der Waals surface area contributed by atoms with Gasteiger partial charge in [-0.05, 0) is 6.42 Å². The van der Waals surface area contributed by atoms with Crippen molar-refractivity contribution in [1.29, 1.82) is 0 Å². The number of thiazole rings is 1. The van der Waals surface area contributed by atoms with Gasteiger partial charge in [0.2, 0.25) is 0 Å². The summed E-state index contributed by atoms with van der Waals surface area (Å²) >= 11 is 1.42. The summed E-state index contributed by atoms with van der Waals surface area (Å²) < 4.78 is 5.19. The normalized spacial score (nSPS) is 20.6. The number of carbonyl (C=O) groups is 1. The van der Waals surface area contributed by atoms with Gasteiger partial charge in [-0.2, -0.15) is 0 Å². The second-order valence-electron chi connectivity index (χ2n) is 3.36. The van der Waals surface area contributed by atoms with Gasteiger partial charge in [0.05, 0.1) is 6.10 Å². The molecule has 1 aromatic rings. The van der Waals surface area contributed by atoms with Crippen LogP contribution < -0.4 is 5.32 Å². The number of amides is 2. The Labute approximate surface area is 92.1 Å². The maximum absolute atomic E-state index is 11.7. The Balaban J connectivity index is 1.87. The number of hydrogen-bond donors (Lipinski definition) is 1. The minimum Gasteiger partial charge on any atom is -0.380 e. The first-order chi connectivity index (χ1) is 7.29. The highest BCUT2D eigenvalue weighted by atomic mass is 32.1. The van der Waals surface area contributed by atoms with Gasteiger partial charge in [-0.25, -0.2) is 9.78 Å². The molecule has 0 bridgehead atoms. The zero-order chi connectivity index (χ0) is 10.7. The van der Waals surface area contributed by atoms with Gasteiger partial charge in [0.25, 0.3) is 0 Å². The highest BCUT2D eigenvalue weighted by Gasteiger charge is 2.26. The zero-order valence-corrected chi connectivity index (χ0v) is 9.29. The number of carbonyl (C=O) groups excluding carboxylic acids is 1. The SMILES string of the molecule is CO[C@@H]1CCN(C(=O)Nc2nccs2)C1. The largest absolute Gasteiger partial charge is 0.380 e. The molecule has 5 nitrogen and oxygen atoms in total. The zero-order valence-electron chi connectivity index (χ0n) is 8.47. The van der Waals surface area contributed by atoms with Crippen molar-refractivity contribution in [2.24, 2.45) is 0 Å². The molecule has 2 amide bonds. The molecule has 15 heavy (non-hydrogen) atoms. The third-order valence-corrected chi connectivity index (χ3v) is 3.10. The Morgan fingerprint density at radius 3 is 3.27 bits per heavy atom. The Bertz CT molecular complexity index is 328. The van der Waals surface area contributed by atoms with Gasteiger partial charge in [0.15, 0.2) is 5.13 Å². The molecule has 1 saturated heterocycles. The van der Waals surface area contributed by atoms with Crippen molar-refractivity contribution >= 4 is 22.5 Å². The maximum Gasteiger partial charge on any atom is 0.323 e. The van der Waals surface area contributed by atoms with Crippen molar-refractivity contribution in [2.45, 2.75) is 12.5 Å². The molecule has 0 saturated carbocycles. The van der Waals surface area contributed by atoms with E-state index in [1.54, 1.807) is 18.2 Å². The van der Waals surface area contributed by atoms with Gasteiger partial charge >= 0.3 is 6.03 Å². The summed E-state index contributed by atoms with van der Waals surface area (Å²) in [5.41, 5.74) is 0. The Hall–Kier alpha value is -1.14. The van der Waals surface area contributed by atoms with Gasteiger partial charge in [-0.3, -0.25) is 5.32 Å². The van der Waals surface area contributed by atoms with E-state index in [4.69, 9.17) is 4.74 Å². The quantitative estimate of drug-likeness (QED) is 0.830. The van der Waals surface area contributed by atoms with Crippen LogP contribution in [-0.2, 0) is 4.74 Å². The molecule has 1 fully saturated rings. The van der Waals surface area contributed by atoms with Gasteiger partial charge in [-0.1, -0.05) is 0 Å². The van der Waals surface area contributed by atoms with Crippen molar-refractivity contribution in [2.75, 3.05) is 25.5 Å². The van der Waals surface area contributed by atoms with Crippen LogP contribution in [-0.4, -0.2) is 42.2 Å². The molecule has 82 valence electrons. The molecule has 0 radical (unpaired) electrons. The van der Waals surface area contributed by atoms with Crippen LogP contribution in [0.2, 0.25) is 0 Å². The Kier molecular flexibility index (Phi) is 3.17. The van der Waals surface area contributed by atoms with Crippen molar-refractivity contribution in [3.05, 3.63) is 11.6 Å². The first kappa shape index (κ1) is 10.4. The number of nitrogens with one attached hydrogen (secondary N) is 1. The third-order valence-electron chi connectivity index (χ3n) is 2.41. The number of urea groups is 1. The molecule has 1 aliphatic rings. The molecule has 0 spiro atoms. The van der Waals surface area contributed by atoms with Gasteiger partial charge in [0.1, 0.15) is 0 Å². The molecule has 2 heterocycles. The van der Waals surface area contributed by atoms with Crippen LogP contribution in [0.4, 0.5) is 9.93 Å². The third kappa shape index (κ3) is 2.45. The number of aromatic nitrogens is 1. The molecule has 0 aromatic carbocycles. The van der Waals surface area contributed by atoms with Crippen molar-refractivity contribution in [1.82, 2.24) is 9.88 Å². The standard InChI is InChI=1S/C9H13N3O2S/c1-14-7-2-4-12(6-7)9(13)11-8-10-3-5-15-8/h3,5,7H,2,4,6H2,1H3,(H,10,11,13)/t7-/m1/s1. The molecular formula is C9H13N3O2S. The average Bonchev–Trinajstić information content (AvgIpc) is 2.86. The van der Waals surface area contributed by atoms with E-state index in [9.17, 15) is 4.79 Å². The minimum absolute atomic E-state index is 0.0931. The van der Waals surface area contributed by atoms with Gasteiger partial charge in [0, 0.05) is 31.8 Å². The summed E-state index contributed by atoms with van der Waals surface area (Å²) in [7, 11) is 1.67. The lowest BCUT2D eigenvalue weighted by Crippen LogP contribution is -2.33. The minimum atomic E-state index is -0.0931. The number of anilines is 1. The van der Waals surface area contributed by atoms with E-state index in [0.29, 0.717) is 11.7 Å². The van der Waals surface area contributed by atoms with Crippen LogP contribution in [0.15, 0.2) is 11.6 Å². The smallest absolute Gasteiger partial charge is 0.323 e.